The van der Waals surface area contributed by atoms with Crippen LogP contribution < -0.4 is 5.11 Å². The van der Waals surface area contributed by atoms with E-state index in [1.54, 1.807) is 0 Å². The second-order valence-electron chi connectivity index (χ2n) is 5.22. The molecule has 0 bridgehead atoms. The van der Waals surface area contributed by atoms with Crippen LogP contribution in [-0.4, -0.2) is 72.5 Å². The number of quaternary nitrogens is 1. The minimum absolute atomic E-state index is 0.271. The number of carbonyl (C=O) groups is 3. The third-order valence-corrected chi connectivity index (χ3v) is 2.06. The van der Waals surface area contributed by atoms with E-state index in [4.69, 9.17) is 5.11 Å². The molecular formula is C11H19NO7. The van der Waals surface area contributed by atoms with Gasteiger partial charge in [0.15, 0.2) is 0 Å². The molecule has 0 aliphatic carbocycles. The molecule has 0 saturated carbocycles. The van der Waals surface area contributed by atoms with Gasteiger partial charge in [0.1, 0.15) is 12.6 Å². The second-order valence-corrected chi connectivity index (χ2v) is 5.22. The van der Waals surface area contributed by atoms with Crippen LogP contribution in [0, 0.1) is 0 Å². The molecular weight excluding hydrogens is 258 g/mol. The number of aliphatic hydroxyl groups is 1. The summed E-state index contributed by atoms with van der Waals surface area (Å²) in [4.78, 5) is 32.3. The van der Waals surface area contributed by atoms with Crippen LogP contribution in [-0.2, 0) is 19.1 Å². The number of carbonyl (C=O) groups excluding carboxylic acids is 2. The van der Waals surface area contributed by atoms with Gasteiger partial charge in [-0.3, -0.25) is 4.79 Å². The number of likely N-dealkylation sites (N-methyl/N-ethyl adjacent to an activating group) is 1. The third kappa shape index (κ3) is 8.97. The predicted molar refractivity (Wildman–Crippen MR) is 60.7 cm³/mol. The Morgan fingerprint density at radius 3 is 2.11 bits per heavy atom. The van der Waals surface area contributed by atoms with Gasteiger partial charge in [-0.15, -0.1) is 0 Å². The van der Waals surface area contributed by atoms with Crippen LogP contribution in [0.15, 0.2) is 0 Å². The van der Waals surface area contributed by atoms with E-state index in [1.807, 2.05) is 21.1 Å². The SMILES string of the molecule is C[N+](C)(C)CC(O)CC(=O)OC(CC(=O)[O-])C(=O)O. The van der Waals surface area contributed by atoms with Crippen molar-refractivity contribution in [2.24, 2.45) is 0 Å². The molecule has 8 heteroatoms. The van der Waals surface area contributed by atoms with Crippen LogP contribution in [0.3, 0.4) is 0 Å². The molecule has 2 atom stereocenters. The van der Waals surface area contributed by atoms with Gasteiger partial charge in [0.05, 0.1) is 27.6 Å². The minimum Gasteiger partial charge on any atom is -0.550 e. The lowest BCUT2D eigenvalue weighted by molar-refractivity contribution is -0.873. The maximum atomic E-state index is 11.4. The van der Waals surface area contributed by atoms with E-state index in [2.05, 4.69) is 4.74 Å². The maximum Gasteiger partial charge on any atom is 0.345 e. The molecule has 0 aromatic rings. The molecule has 0 heterocycles. The Morgan fingerprint density at radius 1 is 1.21 bits per heavy atom. The van der Waals surface area contributed by atoms with Crippen molar-refractivity contribution >= 4 is 17.9 Å². The number of carboxylic acids is 2. The monoisotopic (exact) mass is 277 g/mol. The first kappa shape index (κ1) is 17.3. The molecule has 0 radical (unpaired) electrons. The van der Waals surface area contributed by atoms with Gasteiger partial charge in [0.25, 0.3) is 0 Å². The lowest BCUT2D eigenvalue weighted by atomic mass is 10.2. The summed E-state index contributed by atoms with van der Waals surface area (Å²) in [6, 6.07) is 0. The Morgan fingerprint density at radius 2 is 1.74 bits per heavy atom. The molecule has 110 valence electrons. The normalized spacial score (nSPS) is 14.5. The highest BCUT2D eigenvalue weighted by molar-refractivity contribution is 5.82. The minimum atomic E-state index is -1.80. The molecule has 0 amide bonds. The standard InChI is InChI=1S/C11H19NO7/c1-12(2,3)6-7(13)4-10(16)19-8(11(17)18)5-9(14)15/h7-8,13H,4-6H2,1-3H3,(H-,14,15,17,18). The van der Waals surface area contributed by atoms with Gasteiger partial charge in [0.2, 0.25) is 6.10 Å². The van der Waals surface area contributed by atoms with Crippen molar-refractivity contribution < 1.29 is 38.9 Å². The van der Waals surface area contributed by atoms with Crippen molar-refractivity contribution in [3.8, 4) is 0 Å². The summed E-state index contributed by atoms with van der Waals surface area (Å²) in [5.74, 6) is -4.17. The molecule has 0 aromatic heterocycles. The van der Waals surface area contributed by atoms with Crippen molar-refractivity contribution in [3.63, 3.8) is 0 Å². The fraction of sp³-hybridized carbons (Fsp3) is 0.727. The average molecular weight is 277 g/mol. The smallest absolute Gasteiger partial charge is 0.345 e. The van der Waals surface area contributed by atoms with Gasteiger partial charge in [-0.25, -0.2) is 4.79 Å². The van der Waals surface area contributed by atoms with Gasteiger partial charge in [-0.1, -0.05) is 0 Å². The Labute approximate surface area is 110 Å². The van der Waals surface area contributed by atoms with E-state index in [-0.39, 0.29) is 6.54 Å². The zero-order valence-electron chi connectivity index (χ0n) is 11.2. The van der Waals surface area contributed by atoms with E-state index in [1.165, 1.54) is 0 Å². The molecule has 2 N–H and O–H groups in total. The van der Waals surface area contributed by atoms with Gasteiger partial charge in [-0.2, -0.15) is 0 Å². The van der Waals surface area contributed by atoms with Crippen LogP contribution in [0.2, 0.25) is 0 Å². The fourth-order valence-corrected chi connectivity index (χ4v) is 1.43. The van der Waals surface area contributed by atoms with Crippen LogP contribution in [0.25, 0.3) is 0 Å². The molecule has 0 spiro atoms. The summed E-state index contributed by atoms with van der Waals surface area (Å²) in [5.41, 5.74) is 0. The summed E-state index contributed by atoms with van der Waals surface area (Å²) in [7, 11) is 5.43. The highest BCUT2D eigenvalue weighted by Crippen LogP contribution is 2.05. The van der Waals surface area contributed by atoms with E-state index in [0.29, 0.717) is 4.48 Å². The topological polar surface area (TPSA) is 124 Å². The third-order valence-electron chi connectivity index (χ3n) is 2.06. The first-order valence-corrected chi connectivity index (χ1v) is 5.62. The van der Waals surface area contributed by atoms with Crippen LogP contribution in [0.4, 0.5) is 0 Å². The maximum absolute atomic E-state index is 11.4. The molecule has 19 heavy (non-hydrogen) atoms. The molecule has 0 aromatic carbocycles. The Kier molecular flexibility index (Phi) is 6.43. The zero-order valence-corrected chi connectivity index (χ0v) is 11.2. The van der Waals surface area contributed by atoms with E-state index in [9.17, 15) is 24.6 Å². The number of ether oxygens (including phenoxy) is 1. The van der Waals surface area contributed by atoms with Crippen molar-refractivity contribution in [2.75, 3.05) is 27.7 Å². The molecule has 0 rings (SSSR count). The number of aliphatic hydroxyl groups excluding tert-OH is 1. The van der Waals surface area contributed by atoms with Crippen LogP contribution in [0.1, 0.15) is 12.8 Å². The van der Waals surface area contributed by atoms with E-state index in [0.717, 1.165) is 0 Å². The van der Waals surface area contributed by atoms with Crippen molar-refractivity contribution in [1.29, 1.82) is 0 Å². The van der Waals surface area contributed by atoms with Crippen LogP contribution >= 0.6 is 0 Å². The van der Waals surface area contributed by atoms with Crippen molar-refractivity contribution in [3.05, 3.63) is 0 Å². The van der Waals surface area contributed by atoms with Crippen molar-refractivity contribution in [1.82, 2.24) is 0 Å². The lowest BCUT2D eigenvalue weighted by Crippen LogP contribution is -2.42. The molecule has 0 fully saturated rings. The Hall–Kier alpha value is -1.67. The number of rotatable bonds is 8. The average Bonchev–Trinajstić information content (AvgIpc) is 2.11. The molecule has 0 saturated heterocycles. The Bertz CT molecular complexity index is 347. The highest BCUT2D eigenvalue weighted by Gasteiger charge is 2.25. The zero-order chi connectivity index (χ0) is 15.2. The lowest BCUT2D eigenvalue weighted by Gasteiger charge is -2.26. The summed E-state index contributed by atoms with van der Waals surface area (Å²) >= 11 is 0. The van der Waals surface area contributed by atoms with Gasteiger partial charge < -0.3 is 29.3 Å². The highest BCUT2D eigenvalue weighted by atomic mass is 16.6. The number of hydrogen-bond donors (Lipinski definition) is 2. The molecule has 0 aliphatic rings. The van der Waals surface area contributed by atoms with Crippen LogP contribution in [0.5, 0.6) is 0 Å². The summed E-state index contributed by atoms with van der Waals surface area (Å²) in [5, 5.41) is 28.5. The van der Waals surface area contributed by atoms with Gasteiger partial charge in [0, 0.05) is 12.4 Å². The number of nitrogens with zero attached hydrogens (tertiary/aromatic N) is 1. The number of hydrogen-bond acceptors (Lipinski definition) is 6. The van der Waals surface area contributed by atoms with Gasteiger partial charge >= 0.3 is 11.9 Å². The predicted octanol–water partition coefficient (Wildman–Crippen LogP) is -2.42. The number of carboxylic acid groups (broad SMARTS) is 2. The van der Waals surface area contributed by atoms with E-state index < -0.39 is 43.0 Å². The quantitative estimate of drug-likeness (QED) is 0.373. The summed E-state index contributed by atoms with van der Waals surface area (Å²) < 4.78 is 4.89. The first-order chi connectivity index (χ1) is 8.51. The summed E-state index contributed by atoms with van der Waals surface area (Å²) in [6.07, 6.45) is -4.11. The summed E-state index contributed by atoms with van der Waals surface area (Å²) in [6.45, 7) is 0.271. The van der Waals surface area contributed by atoms with Gasteiger partial charge in [-0.05, 0) is 0 Å². The fourth-order valence-electron chi connectivity index (χ4n) is 1.43. The Balaban J connectivity index is 4.34. The molecule has 0 aliphatic heterocycles. The largest absolute Gasteiger partial charge is 0.550 e. The first-order valence-electron chi connectivity index (χ1n) is 5.62. The number of esters is 1. The van der Waals surface area contributed by atoms with Crippen molar-refractivity contribution in [2.45, 2.75) is 25.0 Å². The molecule has 2 unspecified atom stereocenters. The van der Waals surface area contributed by atoms with E-state index >= 15 is 0 Å². The number of aliphatic carboxylic acids is 2. The molecule has 8 nitrogen and oxygen atoms in total. The second kappa shape index (κ2) is 7.05.